The molecule has 7 aliphatic rings. The average molecular weight is 659 g/mol. The molecule has 47 heavy (non-hydrogen) atoms. The van der Waals surface area contributed by atoms with Gasteiger partial charge in [0.25, 0.3) is 0 Å². The number of hydrogen-bond donors (Lipinski definition) is 2. The zero-order chi connectivity index (χ0) is 33.7. The first-order chi connectivity index (χ1) is 22.2. The molecule has 2 spiro atoms. The van der Waals surface area contributed by atoms with Gasteiger partial charge in [-0.2, -0.15) is 0 Å². The second-order valence-electron chi connectivity index (χ2n) is 18.2. The number of rotatable bonds is 5. The molecule has 2 amide bonds. The molecule has 0 aromatic rings. The maximum atomic E-state index is 13.2. The summed E-state index contributed by atoms with van der Waals surface area (Å²) >= 11 is 0. The van der Waals surface area contributed by atoms with Gasteiger partial charge in [-0.05, 0) is 104 Å². The number of hydrogen-bond acceptors (Lipinski definition) is 7. The fourth-order valence-electron chi connectivity index (χ4n) is 13.6. The van der Waals surface area contributed by atoms with Crippen molar-refractivity contribution >= 4 is 12.2 Å². The Kier molecular flexibility index (Phi) is 8.28. The zero-order valence-electron chi connectivity index (χ0n) is 30.3. The van der Waals surface area contributed by atoms with E-state index < -0.39 is 12.2 Å². The molecule has 2 heterocycles. The predicted molar refractivity (Wildman–Crippen MR) is 178 cm³/mol. The molecule has 266 valence electrons. The number of carbonyl (C=O) groups is 2. The Morgan fingerprint density at radius 1 is 1.00 bits per heavy atom. The molecular formula is C38H62N2O7. The molecule has 9 heteroatoms. The van der Waals surface area contributed by atoms with Crippen molar-refractivity contribution in [3.63, 3.8) is 0 Å². The van der Waals surface area contributed by atoms with Gasteiger partial charge >= 0.3 is 12.2 Å². The van der Waals surface area contributed by atoms with E-state index in [-0.39, 0.29) is 69.4 Å². The molecular weight excluding hydrogens is 596 g/mol. The van der Waals surface area contributed by atoms with Crippen LogP contribution in [0.25, 0.3) is 0 Å². The molecule has 5 saturated carbocycles. The summed E-state index contributed by atoms with van der Waals surface area (Å²) in [5.74, 6) is 1.68. The molecule has 7 fully saturated rings. The molecule has 13 atom stereocenters. The Balaban J connectivity index is 1.12. The van der Waals surface area contributed by atoms with E-state index in [9.17, 15) is 14.7 Å². The van der Waals surface area contributed by atoms with Crippen molar-refractivity contribution in [3.8, 4) is 0 Å². The lowest BCUT2D eigenvalue weighted by Gasteiger charge is -2.63. The number of aliphatic hydroxyl groups is 1. The van der Waals surface area contributed by atoms with E-state index in [2.05, 4.69) is 53.8 Å². The first-order valence-electron chi connectivity index (χ1n) is 19.0. The van der Waals surface area contributed by atoms with Gasteiger partial charge in [0.1, 0.15) is 12.2 Å². The smallest absolute Gasteiger partial charge is 0.410 e. The van der Waals surface area contributed by atoms with E-state index in [0.29, 0.717) is 50.6 Å². The largest absolute Gasteiger partial charge is 0.446 e. The second kappa shape index (κ2) is 11.5. The van der Waals surface area contributed by atoms with Crippen LogP contribution >= 0.6 is 0 Å². The summed E-state index contributed by atoms with van der Waals surface area (Å²) in [5, 5.41) is 15.4. The first kappa shape index (κ1) is 33.9. The molecule has 5 aliphatic carbocycles. The third-order valence-corrected chi connectivity index (χ3v) is 15.9. The molecule has 0 unspecified atom stereocenters. The minimum Gasteiger partial charge on any atom is -0.446 e. The van der Waals surface area contributed by atoms with Crippen LogP contribution in [0.4, 0.5) is 9.59 Å². The Hall–Kier alpha value is -1.58. The molecule has 0 radical (unpaired) electrons. The zero-order valence-corrected chi connectivity index (χ0v) is 30.3. The Labute approximate surface area is 282 Å². The highest BCUT2D eigenvalue weighted by atomic mass is 16.6. The summed E-state index contributed by atoms with van der Waals surface area (Å²) in [4.78, 5) is 27.5. The van der Waals surface area contributed by atoms with Crippen LogP contribution in [0.1, 0.15) is 107 Å². The van der Waals surface area contributed by atoms with Gasteiger partial charge in [-0.15, -0.1) is 0 Å². The van der Waals surface area contributed by atoms with E-state index in [0.717, 1.165) is 38.5 Å². The molecule has 2 aliphatic heterocycles. The SMILES string of the molecule is CCNC(=O)O[C@H](C(C)C)[C@H]1C[C@@H](C)[C@H]2[C@H](O1)[C@H](O)[C@@]1(C)[C@@H]3CC[C@H]4C(C)(C)[C@@H](OC(=O)N5CCOCC5)CC[C@@]45C[C@@]35CC[C@]21C. The van der Waals surface area contributed by atoms with Crippen LogP contribution in [0.3, 0.4) is 0 Å². The first-order valence-corrected chi connectivity index (χ1v) is 19.0. The Morgan fingerprint density at radius 3 is 2.36 bits per heavy atom. The third kappa shape index (κ3) is 4.63. The van der Waals surface area contributed by atoms with Crippen LogP contribution < -0.4 is 5.32 Å². The number of ether oxygens (including phenoxy) is 4. The molecule has 0 bridgehead atoms. The summed E-state index contributed by atoms with van der Waals surface area (Å²) in [5.41, 5.74) is 0.119. The predicted octanol–water partition coefficient (Wildman–Crippen LogP) is 6.41. The number of alkyl carbamates (subject to hydrolysis) is 1. The number of carbonyl (C=O) groups excluding carboxylic acids is 2. The minimum atomic E-state index is -0.560. The van der Waals surface area contributed by atoms with Crippen LogP contribution in [0.15, 0.2) is 0 Å². The van der Waals surface area contributed by atoms with E-state index in [1.54, 1.807) is 0 Å². The van der Waals surface area contributed by atoms with Crippen molar-refractivity contribution in [2.45, 2.75) is 137 Å². The van der Waals surface area contributed by atoms with Gasteiger partial charge in [0, 0.05) is 30.5 Å². The highest BCUT2D eigenvalue weighted by molar-refractivity contribution is 5.68. The minimum absolute atomic E-state index is 0.0256. The van der Waals surface area contributed by atoms with Crippen molar-refractivity contribution in [1.82, 2.24) is 10.2 Å². The quantitative estimate of drug-likeness (QED) is 0.352. The normalized spacial score (nSPS) is 48.6. The molecule has 2 N–H and O–H groups in total. The van der Waals surface area contributed by atoms with Crippen LogP contribution in [0.2, 0.25) is 0 Å². The topological polar surface area (TPSA) is 107 Å². The molecule has 9 nitrogen and oxygen atoms in total. The molecule has 2 saturated heterocycles. The van der Waals surface area contributed by atoms with Gasteiger partial charge in [-0.25, -0.2) is 9.59 Å². The number of morpholine rings is 1. The van der Waals surface area contributed by atoms with Crippen LogP contribution in [0.5, 0.6) is 0 Å². The average Bonchev–Trinajstić information content (AvgIpc) is 3.66. The van der Waals surface area contributed by atoms with E-state index in [4.69, 9.17) is 18.9 Å². The monoisotopic (exact) mass is 658 g/mol. The number of amides is 2. The van der Waals surface area contributed by atoms with Gasteiger partial charge < -0.3 is 34.3 Å². The lowest BCUT2D eigenvalue weighted by atomic mass is 9.41. The number of nitrogens with zero attached hydrogens (tertiary/aromatic N) is 1. The maximum Gasteiger partial charge on any atom is 0.410 e. The summed E-state index contributed by atoms with van der Waals surface area (Å²) in [6, 6.07) is 0. The standard InChI is InChI=1S/C38H62N2O7/c1-9-39-32(42)47-29(22(2)3)24-20-23(4)28-30(45-24)31(41)36(8)26-11-10-25-34(5,6)27(46-33(43)40-16-18-44-19-17-40)12-13-37(25)21-38(26,37)15-14-35(28,36)7/h22-31,41H,9-21H2,1-8H3,(H,39,42)/t23-,24-,25+,26+,27+,28+,29-,30+,31+,35-,36-,37-,38+/m1/s1. The highest BCUT2D eigenvalue weighted by Crippen LogP contribution is 2.89. The fraction of sp³-hybridized carbons (Fsp3) is 0.947. The number of fused-ring (bicyclic) bond motifs is 4. The van der Waals surface area contributed by atoms with Gasteiger partial charge in [0.05, 0.1) is 31.5 Å². The Morgan fingerprint density at radius 2 is 1.68 bits per heavy atom. The van der Waals surface area contributed by atoms with Gasteiger partial charge in [-0.3, -0.25) is 0 Å². The third-order valence-electron chi connectivity index (χ3n) is 15.9. The summed E-state index contributed by atoms with van der Waals surface area (Å²) < 4.78 is 24.7. The van der Waals surface area contributed by atoms with Crippen molar-refractivity contribution in [1.29, 1.82) is 0 Å². The van der Waals surface area contributed by atoms with Gasteiger partial charge in [0.15, 0.2) is 0 Å². The number of aliphatic hydroxyl groups excluding tert-OH is 1. The van der Waals surface area contributed by atoms with Gasteiger partial charge in [0.2, 0.25) is 0 Å². The molecule has 0 aromatic heterocycles. The van der Waals surface area contributed by atoms with Crippen molar-refractivity contribution in [3.05, 3.63) is 0 Å². The Bertz CT molecular complexity index is 1240. The van der Waals surface area contributed by atoms with E-state index in [1.165, 1.54) is 12.8 Å². The number of nitrogens with one attached hydrogen (secondary N) is 1. The lowest BCUT2D eigenvalue weighted by molar-refractivity contribution is -0.185. The molecule has 7 rings (SSSR count). The molecule has 0 aromatic carbocycles. The maximum absolute atomic E-state index is 13.2. The van der Waals surface area contributed by atoms with Crippen molar-refractivity contribution in [2.24, 2.45) is 56.7 Å². The second-order valence-corrected chi connectivity index (χ2v) is 18.2. The fourth-order valence-corrected chi connectivity index (χ4v) is 13.6. The van der Waals surface area contributed by atoms with E-state index >= 15 is 0 Å². The van der Waals surface area contributed by atoms with E-state index in [1.807, 2.05) is 11.8 Å². The lowest BCUT2D eigenvalue weighted by Crippen LogP contribution is -2.60. The summed E-state index contributed by atoms with van der Waals surface area (Å²) in [6.45, 7) is 20.9. The van der Waals surface area contributed by atoms with Crippen LogP contribution in [-0.4, -0.2) is 85.6 Å². The van der Waals surface area contributed by atoms with Crippen molar-refractivity contribution < 1.29 is 33.6 Å². The van der Waals surface area contributed by atoms with Crippen molar-refractivity contribution in [2.75, 3.05) is 32.8 Å². The van der Waals surface area contributed by atoms with Crippen LogP contribution in [0, 0.1) is 56.7 Å². The van der Waals surface area contributed by atoms with Gasteiger partial charge in [-0.1, -0.05) is 48.5 Å². The summed E-state index contributed by atoms with van der Waals surface area (Å²) in [7, 11) is 0. The van der Waals surface area contributed by atoms with Crippen LogP contribution in [-0.2, 0) is 18.9 Å². The summed E-state index contributed by atoms with van der Waals surface area (Å²) in [6.07, 6.45) is 6.61. The highest BCUT2D eigenvalue weighted by Gasteiger charge is 2.84.